The number of anilines is 1. The van der Waals surface area contributed by atoms with E-state index in [2.05, 4.69) is 22.2 Å². The van der Waals surface area contributed by atoms with E-state index in [1.165, 1.54) is 0 Å². The highest BCUT2D eigenvalue weighted by Gasteiger charge is 2.13. The molecule has 0 aliphatic heterocycles. The van der Waals surface area contributed by atoms with Crippen molar-refractivity contribution in [2.45, 2.75) is 20.0 Å². The molecule has 0 radical (unpaired) electrons. The van der Waals surface area contributed by atoms with Crippen LogP contribution in [0.3, 0.4) is 0 Å². The second-order valence-electron chi connectivity index (χ2n) is 4.52. The van der Waals surface area contributed by atoms with Crippen molar-refractivity contribution < 1.29 is 4.74 Å². The maximum absolute atomic E-state index is 6.23. The first-order valence-corrected chi connectivity index (χ1v) is 7.46. The minimum atomic E-state index is 0.401. The van der Waals surface area contributed by atoms with Crippen LogP contribution in [-0.4, -0.2) is 23.6 Å². The van der Waals surface area contributed by atoms with Crippen molar-refractivity contribution in [3.8, 4) is 11.4 Å². The normalized spacial score (nSPS) is 10.7. The number of aromatic nitrogens is 2. The van der Waals surface area contributed by atoms with E-state index in [4.69, 9.17) is 27.9 Å². The van der Waals surface area contributed by atoms with Gasteiger partial charge in [-0.25, -0.2) is 9.97 Å². The number of halogens is 2. The lowest BCUT2D eigenvalue weighted by atomic mass is 10.2. The molecule has 6 heteroatoms. The van der Waals surface area contributed by atoms with Gasteiger partial charge in [0.1, 0.15) is 5.82 Å². The third-order valence-electron chi connectivity index (χ3n) is 2.81. The lowest BCUT2D eigenvalue weighted by Gasteiger charge is -2.11. The molecule has 0 atom stereocenters. The lowest BCUT2D eigenvalue weighted by molar-refractivity contribution is 0.181. The van der Waals surface area contributed by atoms with E-state index in [1.807, 2.05) is 6.07 Å². The number of hydrogen-bond acceptors (Lipinski definition) is 4. The van der Waals surface area contributed by atoms with Gasteiger partial charge in [0.2, 0.25) is 0 Å². The Kier molecular flexibility index (Phi) is 5.79. The predicted octanol–water partition coefficient (Wildman–Crippen LogP) is 4.42. The third kappa shape index (κ3) is 4.06. The summed E-state index contributed by atoms with van der Waals surface area (Å²) in [5.74, 6) is 1.24. The zero-order valence-corrected chi connectivity index (χ0v) is 13.5. The molecule has 21 heavy (non-hydrogen) atoms. The Labute approximate surface area is 134 Å². The van der Waals surface area contributed by atoms with Crippen molar-refractivity contribution in [1.29, 1.82) is 0 Å². The number of ether oxygens (including phenoxy) is 1. The number of hydrogen-bond donors (Lipinski definition) is 1. The third-order valence-corrected chi connectivity index (χ3v) is 3.44. The van der Waals surface area contributed by atoms with E-state index in [1.54, 1.807) is 25.3 Å². The van der Waals surface area contributed by atoms with E-state index >= 15 is 0 Å². The molecule has 1 aromatic heterocycles. The molecule has 0 amide bonds. The fraction of sp³-hybridized carbons (Fsp3) is 0.333. The van der Waals surface area contributed by atoms with Crippen LogP contribution in [0.5, 0.6) is 0 Å². The molecule has 1 N–H and O–H groups in total. The molecule has 2 aromatic rings. The SMILES string of the molecule is CCCNc1cc(COC)nc(-c2c(Cl)cccc2Cl)n1. The second kappa shape index (κ2) is 7.59. The van der Waals surface area contributed by atoms with Gasteiger partial charge >= 0.3 is 0 Å². The fourth-order valence-corrected chi connectivity index (χ4v) is 2.45. The van der Waals surface area contributed by atoms with E-state index in [0.29, 0.717) is 28.0 Å². The van der Waals surface area contributed by atoms with E-state index in [-0.39, 0.29) is 0 Å². The van der Waals surface area contributed by atoms with Gasteiger partial charge in [-0.2, -0.15) is 0 Å². The van der Waals surface area contributed by atoms with Crippen molar-refractivity contribution >= 4 is 29.0 Å². The fourth-order valence-electron chi connectivity index (χ4n) is 1.89. The van der Waals surface area contributed by atoms with Gasteiger partial charge in [-0.1, -0.05) is 36.2 Å². The van der Waals surface area contributed by atoms with Gasteiger partial charge in [-0.3, -0.25) is 0 Å². The van der Waals surface area contributed by atoms with Crippen molar-refractivity contribution in [2.24, 2.45) is 0 Å². The summed E-state index contributed by atoms with van der Waals surface area (Å²) >= 11 is 12.5. The van der Waals surface area contributed by atoms with Crippen LogP contribution < -0.4 is 5.32 Å². The largest absolute Gasteiger partial charge is 0.378 e. The van der Waals surface area contributed by atoms with Crippen molar-refractivity contribution in [3.63, 3.8) is 0 Å². The lowest BCUT2D eigenvalue weighted by Crippen LogP contribution is -2.06. The predicted molar refractivity (Wildman–Crippen MR) is 87.0 cm³/mol. The minimum Gasteiger partial charge on any atom is -0.378 e. The Morgan fingerprint density at radius 3 is 2.52 bits per heavy atom. The molecule has 0 unspecified atom stereocenters. The van der Waals surface area contributed by atoms with Gasteiger partial charge < -0.3 is 10.1 Å². The molecule has 1 heterocycles. The molecule has 112 valence electrons. The number of benzene rings is 1. The first-order chi connectivity index (χ1) is 10.2. The zero-order chi connectivity index (χ0) is 15.2. The van der Waals surface area contributed by atoms with Crippen LogP contribution in [0.2, 0.25) is 10.0 Å². The van der Waals surface area contributed by atoms with Gasteiger partial charge in [-0.15, -0.1) is 0 Å². The number of nitrogens with zero attached hydrogens (tertiary/aromatic N) is 2. The van der Waals surface area contributed by atoms with Gasteiger partial charge in [0.05, 0.1) is 27.9 Å². The summed E-state index contributed by atoms with van der Waals surface area (Å²) in [6, 6.07) is 7.21. The van der Waals surface area contributed by atoms with Crippen LogP contribution in [-0.2, 0) is 11.3 Å². The first kappa shape index (κ1) is 16.0. The summed E-state index contributed by atoms with van der Waals surface area (Å²) in [6.07, 6.45) is 1.01. The highest BCUT2D eigenvalue weighted by molar-refractivity contribution is 6.38. The van der Waals surface area contributed by atoms with E-state index in [9.17, 15) is 0 Å². The molecule has 0 aliphatic rings. The molecule has 2 rings (SSSR count). The van der Waals surface area contributed by atoms with E-state index in [0.717, 1.165) is 24.5 Å². The molecule has 0 saturated carbocycles. The molecule has 0 spiro atoms. The van der Waals surface area contributed by atoms with E-state index < -0.39 is 0 Å². The number of nitrogens with one attached hydrogen (secondary N) is 1. The zero-order valence-electron chi connectivity index (χ0n) is 12.0. The average Bonchev–Trinajstić information content (AvgIpc) is 2.45. The summed E-state index contributed by atoms with van der Waals surface area (Å²) in [5.41, 5.74) is 1.41. The summed E-state index contributed by atoms with van der Waals surface area (Å²) in [5, 5.41) is 4.30. The Morgan fingerprint density at radius 2 is 1.90 bits per heavy atom. The van der Waals surface area contributed by atoms with Crippen LogP contribution in [0.15, 0.2) is 24.3 Å². The van der Waals surface area contributed by atoms with Crippen LogP contribution in [0.1, 0.15) is 19.0 Å². The number of methoxy groups -OCH3 is 1. The Bertz CT molecular complexity index is 600. The summed E-state index contributed by atoms with van der Waals surface area (Å²) in [6.45, 7) is 3.33. The monoisotopic (exact) mass is 325 g/mol. The van der Waals surface area contributed by atoms with Gasteiger partial charge in [-0.05, 0) is 18.6 Å². The van der Waals surface area contributed by atoms with Crippen molar-refractivity contribution in [2.75, 3.05) is 19.0 Å². The van der Waals surface area contributed by atoms with Crippen LogP contribution in [0.4, 0.5) is 5.82 Å². The maximum atomic E-state index is 6.23. The molecular weight excluding hydrogens is 309 g/mol. The maximum Gasteiger partial charge on any atom is 0.164 e. The van der Waals surface area contributed by atoms with Crippen LogP contribution in [0, 0.1) is 0 Å². The van der Waals surface area contributed by atoms with Crippen molar-refractivity contribution in [1.82, 2.24) is 9.97 Å². The second-order valence-corrected chi connectivity index (χ2v) is 5.34. The topological polar surface area (TPSA) is 47.0 Å². The Morgan fingerprint density at radius 1 is 1.19 bits per heavy atom. The highest BCUT2D eigenvalue weighted by Crippen LogP contribution is 2.33. The first-order valence-electron chi connectivity index (χ1n) is 6.70. The smallest absolute Gasteiger partial charge is 0.164 e. The number of rotatable bonds is 6. The van der Waals surface area contributed by atoms with Crippen LogP contribution in [0.25, 0.3) is 11.4 Å². The molecule has 1 aromatic carbocycles. The molecule has 0 saturated heterocycles. The highest BCUT2D eigenvalue weighted by atomic mass is 35.5. The summed E-state index contributed by atoms with van der Waals surface area (Å²) in [4.78, 5) is 8.98. The molecule has 0 bridgehead atoms. The molecular formula is C15H17Cl2N3O. The molecule has 0 aliphatic carbocycles. The molecule has 0 fully saturated rings. The standard InChI is InChI=1S/C15H17Cl2N3O/c1-3-7-18-13-8-10(9-21-2)19-15(20-13)14-11(16)5-4-6-12(14)17/h4-6,8H,3,7,9H2,1-2H3,(H,18,19,20). The van der Waals surface area contributed by atoms with Crippen LogP contribution >= 0.6 is 23.2 Å². The van der Waals surface area contributed by atoms with Gasteiger partial charge in [0, 0.05) is 19.7 Å². The Balaban J connectivity index is 2.48. The van der Waals surface area contributed by atoms with Gasteiger partial charge in [0.15, 0.2) is 5.82 Å². The summed E-state index contributed by atoms with van der Waals surface area (Å²) < 4.78 is 5.15. The van der Waals surface area contributed by atoms with Gasteiger partial charge in [0.25, 0.3) is 0 Å². The summed E-state index contributed by atoms with van der Waals surface area (Å²) in [7, 11) is 1.63. The average molecular weight is 326 g/mol. The molecule has 4 nitrogen and oxygen atoms in total. The minimum absolute atomic E-state index is 0.401. The quantitative estimate of drug-likeness (QED) is 0.854. The van der Waals surface area contributed by atoms with Crippen molar-refractivity contribution in [3.05, 3.63) is 40.0 Å². The Hall–Kier alpha value is -1.36.